The molecule has 1 heterocycles. The summed E-state index contributed by atoms with van der Waals surface area (Å²) in [6.45, 7) is 5.21. The van der Waals surface area contributed by atoms with Gasteiger partial charge in [-0.2, -0.15) is 0 Å². The van der Waals surface area contributed by atoms with Crippen molar-refractivity contribution in [3.63, 3.8) is 0 Å². The molecule has 1 saturated carbocycles. The fourth-order valence-corrected chi connectivity index (χ4v) is 4.35. The van der Waals surface area contributed by atoms with Gasteiger partial charge in [-0.25, -0.2) is 18.1 Å². The largest absolute Gasteiger partial charge is 0.334 e. The Labute approximate surface area is 135 Å². The van der Waals surface area contributed by atoms with Crippen molar-refractivity contribution in [2.45, 2.75) is 62.3 Å². The smallest absolute Gasteiger partial charge is 0.259 e. The van der Waals surface area contributed by atoms with Crippen LogP contribution in [0.5, 0.6) is 0 Å². The Balaban J connectivity index is 1.96. The lowest BCUT2D eigenvalue weighted by molar-refractivity contribution is 0.366. The summed E-state index contributed by atoms with van der Waals surface area (Å²) in [6, 6.07) is 0. The van der Waals surface area contributed by atoms with Gasteiger partial charge in [0.1, 0.15) is 5.82 Å². The molecule has 1 aromatic rings. The molecule has 1 fully saturated rings. The average molecular weight is 378 g/mol. The Morgan fingerprint density at radius 2 is 2.05 bits per heavy atom. The molecule has 0 radical (unpaired) electrons. The van der Waals surface area contributed by atoms with Crippen molar-refractivity contribution in [2.75, 3.05) is 6.54 Å². The number of nitrogens with zero attached hydrogens (tertiary/aromatic N) is 2. The third-order valence-corrected chi connectivity index (χ3v) is 6.24. The van der Waals surface area contributed by atoms with E-state index in [9.17, 15) is 8.42 Å². The highest BCUT2D eigenvalue weighted by molar-refractivity contribution is 9.09. The van der Waals surface area contributed by atoms with Crippen LogP contribution in [0.4, 0.5) is 0 Å². The third-order valence-electron chi connectivity index (χ3n) is 4.03. The number of rotatable bonds is 6. The van der Waals surface area contributed by atoms with Gasteiger partial charge in [-0.3, -0.25) is 0 Å². The lowest BCUT2D eigenvalue weighted by Gasteiger charge is -2.25. The number of aromatic nitrogens is 2. The number of alkyl halides is 1. The van der Waals surface area contributed by atoms with Gasteiger partial charge in [0.25, 0.3) is 10.0 Å². The zero-order valence-electron chi connectivity index (χ0n) is 12.7. The highest BCUT2D eigenvalue weighted by Crippen LogP contribution is 2.28. The van der Waals surface area contributed by atoms with E-state index in [0.29, 0.717) is 17.3 Å². The van der Waals surface area contributed by atoms with Crippen LogP contribution in [0.1, 0.15) is 44.9 Å². The van der Waals surface area contributed by atoms with Crippen LogP contribution in [0.2, 0.25) is 0 Å². The molecule has 1 aliphatic rings. The van der Waals surface area contributed by atoms with Crippen molar-refractivity contribution >= 4 is 26.0 Å². The number of imidazole rings is 1. The van der Waals surface area contributed by atoms with Crippen molar-refractivity contribution in [2.24, 2.45) is 5.92 Å². The molecular formula is C14H24BrN3O2S. The molecule has 5 nitrogen and oxygen atoms in total. The maximum Gasteiger partial charge on any atom is 0.259 e. The molecule has 0 spiro atoms. The second-order valence-corrected chi connectivity index (χ2v) is 8.80. The summed E-state index contributed by atoms with van der Waals surface area (Å²) < 4.78 is 29.2. The highest BCUT2D eigenvalue weighted by atomic mass is 79.9. The first-order valence-corrected chi connectivity index (χ1v) is 9.99. The number of hydrogen-bond acceptors (Lipinski definition) is 3. The molecule has 1 aromatic heterocycles. The van der Waals surface area contributed by atoms with Crippen LogP contribution in [-0.2, 0) is 16.6 Å². The summed E-state index contributed by atoms with van der Waals surface area (Å²) in [6.07, 6.45) is 6.98. The van der Waals surface area contributed by atoms with E-state index in [2.05, 4.69) is 32.6 Å². The van der Waals surface area contributed by atoms with Gasteiger partial charge in [-0.1, -0.05) is 22.9 Å². The number of nitrogens with one attached hydrogen (secondary N) is 1. The zero-order valence-corrected chi connectivity index (χ0v) is 15.1. The first-order chi connectivity index (χ1) is 9.92. The predicted octanol–water partition coefficient (Wildman–Crippen LogP) is 2.83. The second-order valence-electron chi connectivity index (χ2n) is 5.79. The highest BCUT2D eigenvalue weighted by Gasteiger charge is 2.23. The minimum absolute atomic E-state index is 0.141. The van der Waals surface area contributed by atoms with Crippen molar-refractivity contribution in [3.05, 3.63) is 12.0 Å². The standard InChI is InChI=1S/C14H24BrN3O2S/c1-3-8-18-10-14(17-11(18)2)21(19,20)16-9-12-4-6-13(15)7-5-12/h10,12-13,16H,3-9H2,1-2H3. The Morgan fingerprint density at radius 3 is 2.67 bits per heavy atom. The Bertz CT molecular complexity index is 563. The molecule has 1 aliphatic carbocycles. The van der Waals surface area contributed by atoms with E-state index in [1.54, 1.807) is 6.20 Å². The van der Waals surface area contributed by atoms with Crippen molar-refractivity contribution in [1.29, 1.82) is 0 Å². The number of halogens is 1. The number of aryl methyl sites for hydroxylation is 2. The molecule has 0 saturated heterocycles. The Hall–Kier alpha value is -0.400. The average Bonchev–Trinajstić information content (AvgIpc) is 2.81. The molecule has 0 atom stereocenters. The summed E-state index contributed by atoms with van der Waals surface area (Å²) in [7, 11) is -3.49. The second kappa shape index (κ2) is 7.24. The summed E-state index contributed by atoms with van der Waals surface area (Å²) in [5.74, 6) is 1.18. The monoisotopic (exact) mass is 377 g/mol. The van der Waals surface area contributed by atoms with Crippen LogP contribution in [0, 0.1) is 12.8 Å². The minimum atomic E-state index is -3.49. The predicted molar refractivity (Wildman–Crippen MR) is 87.1 cm³/mol. The number of hydrogen-bond donors (Lipinski definition) is 1. The summed E-state index contributed by atoms with van der Waals surface area (Å²) >= 11 is 3.62. The molecule has 0 unspecified atom stereocenters. The van der Waals surface area contributed by atoms with Gasteiger partial charge in [-0.05, 0) is 44.9 Å². The SMILES string of the molecule is CCCn1cc(S(=O)(=O)NCC2CCC(Br)CC2)nc1C. The van der Waals surface area contributed by atoms with Crippen molar-refractivity contribution in [1.82, 2.24) is 14.3 Å². The molecule has 1 N–H and O–H groups in total. The van der Waals surface area contributed by atoms with E-state index in [1.165, 1.54) is 0 Å². The summed E-state index contributed by atoms with van der Waals surface area (Å²) in [5.41, 5.74) is 0. The third kappa shape index (κ3) is 4.53. The fourth-order valence-electron chi connectivity index (χ4n) is 2.70. The van der Waals surface area contributed by atoms with Crippen LogP contribution in [0.15, 0.2) is 11.2 Å². The zero-order chi connectivity index (χ0) is 15.5. The maximum absolute atomic E-state index is 12.3. The molecule has 0 amide bonds. The van der Waals surface area contributed by atoms with Gasteiger partial charge in [0.15, 0.2) is 5.03 Å². The first-order valence-electron chi connectivity index (χ1n) is 7.60. The quantitative estimate of drug-likeness (QED) is 0.775. The maximum atomic E-state index is 12.3. The van der Waals surface area contributed by atoms with Gasteiger partial charge in [0, 0.05) is 24.1 Å². The van der Waals surface area contributed by atoms with Crippen molar-refractivity contribution in [3.8, 4) is 0 Å². The van der Waals surface area contributed by atoms with Gasteiger partial charge in [0.2, 0.25) is 0 Å². The van der Waals surface area contributed by atoms with Gasteiger partial charge in [-0.15, -0.1) is 0 Å². The normalized spacial score (nSPS) is 23.4. The van der Waals surface area contributed by atoms with E-state index in [4.69, 9.17) is 0 Å². The summed E-state index contributed by atoms with van der Waals surface area (Å²) in [4.78, 5) is 4.78. The van der Waals surface area contributed by atoms with Gasteiger partial charge in [0.05, 0.1) is 0 Å². The molecule has 120 valence electrons. The Morgan fingerprint density at radius 1 is 1.38 bits per heavy atom. The van der Waals surface area contributed by atoms with Crippen LogP contribution in [0.25, 0.3) is 0 Å². The van der Waals surface area contributed by atoms with Crippen LogP contribution < -0.4 is 4.72 Å². The van der Waals surface area contributed by atoms with Crippen LogP contribution in [0.3, 0.4) is 0 Å². The Kier molecular flexibility index (Phi) is 5.85. The van der Waals surface area contributed by atoms with Gasteiger partial charge >= 0.3 is 0 Å². The van der Waals surface area contributed by atoms with E-state index >= 15 is 0 Å². The number of sulfonamides is 1. The van der Waals surface area contributed by atoms with Gasteiger partial charge < -0.3 is 4.57 Å². The molecule has 0 aromatic carbocycles. The van der Waals surface area contributed by atoms with Crippen LogP contribution in [-0.4, -0.2) is 29.3 Å². The summed E-state index contributed by atoms with van der Waals surface area (Å²) in [5, 5.41) is 0.141. The lowest BCUT2D eigenvalue weighted by atomic mass is 9.89. The molecule has 2 rings (SSSR count). The fraction of sp³-hybridized carbons (Fsp3) is 0.786. The topological polar surface area (TPSA) is 64.0 Å². The van der Waals surface area contributed by atoms with E-state index in [-0.39, 0.29) is 5.03 Å². The van der Waals surface area contributed by atoms with E-state index < -0.39 is 10.0 Å². The minimum Gasteiger partial charge on any atom is -0.334 e. The van der Waals surface area contributed by atoms with E-state index in [1.807, 2.05) is 11.5 Å². The lowest BCUT2D eigenvalue weighted by Crippen LogP contribution is -2.31. The van der Waals surface area contributed by atoms with Crippen molar-refractivity contribution < 1.29 is 8.42 Å². The first kappa shape index (κ1) is 17.0. The molecule has 7 heteroatoms. The molecular weight excluding hydrogens is 354 g/mol. The molecule has 0 bridgehead atoms. The molecule has 21 heavy (non-hydrogen) atoms. The van der Waals surface area contributed by atoms with Crippen LogP contribution >= 0.6 is 15.9 Å². The van der Waals surface area contributed by atoms with E-state index in [0.717, 1.165) is 44.5 Å². The molecule has 0 aliphatic heterocycles.